The van der Waals surface area contributed by atoms with E-state index in [1.165, 1.54) is 29.5 Å². The lowest BCUT2D eigenvalue weighted by Crippen LogP contribution is -2.39. The van der Waals surface area contributed by atoms with E-state index in [-0.39, 0.29) is 45.6 Å². The molecule has 0 bridgehead atoms. The molecule has 6 N–H and O–H groups in total. The number of fused-ring (bicyclic) bond motifs is 2. The van der Waals surface area contributed by atoms with E-state index in [0.29, 0.717) is 56.1 Å². The van der Waals surface area contributed by atoms with E-state index in [2.05, 4.69) is 66.8 Å². The number of piperidine rings is 2. The summed E-state index contributed by atoms with van der Waals surface area (Å²) in [6.07, 6.45) is 8.06. The lowest BCUT2D eigenvalue weighted by Gasteiger charge is -2.35. The van der Waals surface area contributed by atoms with Crippen LogP contribution in [0.4, 0.5) is 11.4 Å². The summed E-state index contributed by atoms with van der Waals surface area (Å²) in [6.45, 7) is 8.78. The number of aromatic amines is 2. The van der Waals surface area contributed by atoms with Gasteiger partial charge in [0.15, 0.2) is 11.3 Å². The molecule has 65 heavy (non-hydrogen) atoms. The fourth-order valence-electron chi connectivity index (χ4n) is 7.56. The van der Waals surface area contributed by atoms with Gasteiger partial charge in [-0.2, -0.15) is 0 Å². The average Bonchev–Trinajstić information content (AvgIpc) is 3.88. The van der Waals surface area contributed by atoms with Gasteiger partial charge < -0.3 is 15.3 Å². The first-order chi connectivity index (χ1) is 30.5. The molecule has 4 aromatic heterocycles. The van der Waals surface area contributed by atoms with E-state index >= 15 is 0 Å². The highest BCUT2D eigenvalue weighted by Gasteiger charge is 2.32. The topological polar surface area (TPSA) is 262 Å². The summed E-state index contributed by atoms with van der Waals surface area (Å²) in [5.74, 6) is -1.48. The van der Waals surface area contributed by atoms with Crippen LogP contribution in [0.25, 0.3) is 11.3 Å². The maximum Gasteiger partial charge on any atom is 0.337 e. The van der Waals surface area contributed by atoms with Gasteiger partial charge in [-0.1, -0.05) is 38.3 Å². The molecule has 2 atom stereocenters. The zero-order valence-corrected chi connectivity index (χ0v) is 41.3. The van der Waals surface area contributed by atoms with Crippen LogP contribution in [0.1, 0.15) is 105 Å². The first kappa shape index (κ1) is 49.1. The summed E-state index contributed by atoms with van der Waals surface area (Å²) in [6, 6.07) is 12.9. The number of H-pyrrole nitrogens is 2. The highest BCUT2D eigenvalue weighted by atomic mass is 79.9. The van der Waals surface area contributed by atoms with Crippen LogP contribution < -0.4 is 25.9 Å². The normalized spacial score (nSPS) is 16.6. The predicted octanol–water partition coefficient (Wildman–Crippen LogP) is 6.11. The third-order valence-corrected chi connectivity index (χ3v) is 13.2. The second-order valence-corrected chi connectivity index (χ2v) is 21.3. The van der Waals surface area contributed by atoms with Gasteiger partial charge in [0.1, 0.15) is 0 Å². The third-order valence-electron chi connectivity index (χ3n) is 11.0. The number of carbonyl (C=O) groups excluding carboxylic acids is 1. The summed E-state index contributed by atoms with van der Waals surface area (Å²) in [5, 5.41) is 18.6. The van der Waals surface area contributed by atoms with Crippen molar-refractivity contribution < 1.29 is 31.5 Å². The fraction of sp³-hybridized carbons (Fsp3) is 0.381. The van der Waals surface area contributed by atoms with Crippen LogP contribution in [0, 0.1) is 27.7 Å². The molecule has 2 aliphatic rings. The minimum Gasteiger partial charge on any atom is -0.478 e. The average molecular weight is 1060 g/mol. The molecule has 0 spiro atoms. The molecule has 0 aliphatic carbocycles. The minimum absolute atomic E-state index is 0.000408. The zero-order chi connectivity index (χ0) is 47.5. The van der Waals surface area contributed by atoms with Crippen molar-refractivity contribution in [2.45, 2.75) is 78.3 Å². The van der Waals surface area contributed by atoms with Crippen LogP contribution in [0.2, 0.25) is 0 Å². The zero-order valence-electron chi connectivity index (χ0n) is 36.5. The molecular weight excluding hydrogens is 1010 g/mol. The van der Waals surface area contributed by atoms with Gasteiger partial charge in [-0.3, -0.25) is 34.0 Å². The molecule has 2 aromatic carbocycles. The molecule has 1 amide bonds. The Balaban J connectivity index is 0.000000179. The van der Waals surface area contributed by atoms with Crippen molar-refractivity contribution in [2.24, 2.45) is 0 Å². The molecule has 0 radical (unpaired) electrons. The number of hydrogen-bond acceptors (Lipinski definition) is 11. The summed E-state index contributed by atoms with van der Waals surface area (Å²) in [4.78, 5) is 59.8. The molecule has 0 saturated carbocycles. The lowest BCUT2D eigenvalue weighted by molar-refractivity contribution is 0.0606. The highest BCUT2D eigenvalue weighted by molar-refractivity contribution is 9.10. The molecule has 6 aromatic rings. The number of carboxylic acids is 1. The maximum absolute atomic E-state index is 13.6. The molecule has 2 saturated heterocycles. The number of aryl methyl sites for hydroxylation is 2. The van der Waals surface area contributed by atoms with Crippen molar-refractivity contribution in [3.05, 3.63) is 123 Å². The number of aromatic carboxylic acids is 1. The van der Waals surface area contributed by atoms with Gasteiger partial charge in [0.05, 0.1) is 52.4 Å². The quantitative estimate of drug-likeness (QED) is 0.101. The third kappa shape index (κ3) is 11.9. The number of likely N-dealkylation sites (tertiary alicyclic amines) is 1. The predicted molar refractivity (Wildman–Crippen MR) is 255 cm³/mol. The Kier molecular flexibility index (Phi) is 15.1. The number of nitrogens with one attached hydrogen (secondary N) is 5. The minimum atomic E-state index is -3.56. The van der Waals surface area contributed by atoms with Crippen LogP contribution in [-0.2, 0) is 20.0 Å². The second-order valence-electron chi connectivity index (χ2n) is 16.0. The number of amides is 1. The van der Waals surface area contributed by atoms with E-state index in [1.54, 1.807) is 53.6 Å². The number of aromatic nitrogens is 6. The Morgan fingerprint density at radius 2 is 1.20 bits per heavy atom. The Morgan fingerprint density at radius 1 is 0.708 bits per heavy atom. The van der Waals surface area contributed by atoms with E-state index < -0.39 is 26.0 Å². The number of anilines is 2. The van der Waals surface area contributed by atoms with Crippen molar-refractivity contribution in [3.63, 3.8) is 0 Å². The van der Waals surface area contributed by atoms with Gasteiger partial charge in [0, 0.05) is 56.2 Å². The van der Waals surface area contributed by atoms with Gasteiger partial charge in [-0.05, 0) is 103 Å². The summed E-state index contributed by atoms with van der Waals surface area (Å²) in [7, 11) is -7.04. The van der Waals surface area contributed by atoms with Crippen molar-refractivity contribution in [1.82, 2.24) is 39.4 Å². The van der Waals surface area contributed by atoms with Crippen LogP contribution >= 0.6 is 31.9 Å². The standard InChI is InChI=1S/C21H24BrN5O4S.C13H18N4O.C8H8BrNO4S/c1-12-13(2)23-19-11-17(24-27(19)20(12)28)18-6-4-5-9-26(18)21(29)15-10-14(22)7-8-16(15)25-32(3,30)31;1-8-9(2)15-12-7-11(16-17(12)13(8)18)10-5-3-4-6-14-10;1-15(13,14)10-7-3-2-5(9)4-6(7)8(11)12/h7-8,10-11,18,24-25H,4-6,9H2,1-3H3;7,10,14,16H,3-6H2,1-2H3;2-4,10H,1H3,(H,11,12)/t18-;10-;/m00./s1. The molecule has 348 valence electrons. The van der Waals surface area contributed by atoms with Crippen LogP contribution in [0.3, 0.4) is 0 Å². The SMILES string of the molecule is CS(=O)(=O)Nc1ccc(Br)cc1C(=O)O.Cc1nc2cc([C@@H]3CCCCN3)[nH]n2c(=O)c1C.Cc1nc2cc([C@@H]3CCCCN3C(=O)c3cc(Br)ccc3NS(C)(=O)=O)[nH]n2c(=O)c1C. The number of carboxylic acid groups (broad SMARTS) is 1. The Labute approximate surface area is 391 Å². The summed E-state index contributed by atoms with van der Waals surface area (Å²) < 4.78 is 54.3. The summed E-state index contributed by atoms with van der Waals surface area (Å²) in [5.41, 5.74) is 6.02. The first-order valence-electron chi connectivity index (χ1n) is 20.5. The van der Waals surface area contributed by atoms with Crippen LogP contribution in [-0.4, -0.2) is 93.5 Å². The van der Waals surface area contributed by atoms with E-state index in [0.717, 1.165) is 55.4 Å². The molecule has 2 fully saturated rings. The molecular formula is C42H50Br2N10O9S2. The number of benzene rings is 2. The number of nitrogens with zero attached hydrogens (tertiary/aromatic N) is 5. The fourth-order valence-corrected chi connectivity index (χ4v) is 9.44. The molecule has 2 aliphatic heterocycles. The van der Waals surface area contributed by atoms with Crippen molar-refractivity contribution in [1.29, 1.82) is 0 Å². The van der Waals surface area contributed by atoms with Crippen LogP contribution in [0.15, 0.2) is 67.1 Å². The maximum atomic E-state index is 13.6. The van der Waals surface area contributed by atoms with E-state index in [9.17, 15) is 36.0 Å². The van der Waals surface area contributed by atoms with E-state index in [1.807, 2.05) is 19.9 Å². The Morgan fingerprint density at radius 3 is 1.71 bits per heavy atom. The van der Waals surface area contributed by atoms with Crippen molar-refractivity contribution in [3.8, 4) is 0 Å². The molecule has 23 heteroatoms. The number of hydrogen-bond donors (Lipinski definition) is 6. The van der Waals surface area contributed by atoms with Crippen molar-refractivity contribution in [2.75, 3.05) is 35.0 Å². The summed E-state index contributed by atoms with van der Waals surface area (Å²) >= 11 is 6.48. The van der Waals surface area contributed by atoms with Gasteiger partial charge in [0.2, 0.25) is 20.0 Å². The number of sulfonamides is 2. The highest BCUT2D eigenvalue weighted by Crippen LogP contribution is 2.34. The van der Waals surface area contributed by atoms with Gasteiger partial charge >= 0.3 is 5.97 Å². The first-order valence-corrected chi connectivity index (χ1v) is 25.9. The Hall–Kier alpha value is -5.36. The van der Waals surface area contributed by atoms with E-state index in [4.69, 9.17) is 5.11 Å². The van der Waals surface area contributed by atoms with Crippen LogP contribution in [0.5, 0.6) is 0 Å². The number of rotatable bonds is 8. The molecule has 19 nitrogen and oxygen atoms in total. The van der Waals surface area contributed by atoms with Gasteiger partial charge in [0.25, 0.3) is 17.0 Å². The monoisotopic (exact) mass is 1060 g/mol. The number of carbonyl (C=O) groups is 2. The second kappa shape index (κ2) is 20.0. The lowest BCUT2D eigenvalue weighted by atomic mass is 9.98. The largest absolute Gasteiger partial charge is 0.478 e. The number of halogens is 2. The van der Waals surface area contributed by atoms with Crippen molar-refractivity contribution >= 4 is 86.5 Å². The molecule has 6 heterocycles. The molecule has 0 unspecified atom stereocenters. The van der Waals surface area contributed by atoms with Gasteiger partial charge in [-0.25, -0.2) is 40.6 Å². The molecule has 8 rings (SSSR count). The Bertz CT molecular complexity index is 3140. The smallest absolute Gasteiger partial charge is 0.337 e. The van der Waals surface area contributed by atoms with Gasteiger partial charge in [-0.15, -0.1) is 0 Å².